The highest BCUT2D eigenvalue weighted by molar-refractivity contribution is 4.90. The predicted octanol–water partition coefficient (Wildman–Crippen LogP) is 2.89. The second-order valence-electron chi connectivity index (χ2n) is 6.99. The third-order valence-electron chi connectivity index (χ3n) is 4.04. The van der Waals surface area contributed by atoms with Gasteiger partial charge in [0, 0.05) is 13.0 Å². The molecule has 4 atom stereocenters. The third-order valence-corrected chi connectivity index (χ3v) is 4.04. The highest BCUT2D eigenvalue weighted by atomic mass is 16.8. The molecule has 3 heteroatoms. The Kier molecular flexibility index (Phi) is 4.35. The fourth-order valence-electron chi connectivity index (χ4n) is 3.63. The zero-order valence-corrected chi connectivity index (χ0v) is 12.6. The van der Waals surface area contributed by atoms with Crippen LogP contribution in [0.5, 0.6) is 0 Å². The van der Waals surface area contributed by atoms with Crippen molar-refractivity contribution in [2.75, 3.05) is 20.6 Å². The van der Waals surface area contributed by atoms with Crippen LogP contribution in [-0.4, -0.2) is 43.5 Å². The van der Waals surface area contributed by atoms with Gasteiger partial charge in [-0.15, -0.1) is 0 Å². The van der Waals surface area contributed by atoms with Gasteiger partial charge in [-0.1, -0.05) is 13.8 Å². The molecule has 106 valence electrons. The first-order valence-electron chi connectivity index (χ1n) is 7.38. The maximum Gasteiger partial charge on any atom is 0.166 e. The largest absolute Gasteiger partial charge is 0.344 e. The second kappa shape index (κ2) is 5.48. The van der Waals surface area contributed by atoms with E-state index in [4.69, 9.17) is 9.47 Å². The molecule has 1 saturated heterocycles. The van der Waals surface area contributed by atoms with Gasteiger partial charge in [0.1, 0.15) is 0 Å². The minimum atomic E-state index is -0.337. The molecular weight excluding hydrogens is 226 g/mol. The molecule has 0 spiro atoms. The molecule has 0 amide bonds. The van der Waals surface area contributed by atoms with E-state index in [0.29, 0.717) is 18.1 Å². The maximum atomic E-state index is 6.23. The summed E-state index contributed by atoms with van der Waals surface area (Å²) in [6.45, 7) is 7.75. The Labute approximate surface area is 112 Å². The van der Waals surface area contributed by atoms with Crippen molar-refractivity contribution in [1.29, 1.82) is 0 Å². The molecule has 0 bridgehead atoms. The van der Waals surface area contributed by atoms with E-state index >= 15 is 0 Å². The Bertz CT molecular complexity index is 280. The van der Waals surface area contributed by atoms with Gasteiger partial charge in [-0.25, -0.2) is 0 Å². The molecule has 1 aliphatic carbocycles. The summed E-state index contributed by atoms with van der Waals surface area (Å²) >= 11 is 0. The zero-order chi connectivity index (χ0) is 13.3. The second-order valence-corrected chi connectivity index (χ2v) is 6.99. The van der Waals surface area contributed by atoms with Crippen LogP contribution in [0.1, 0.15) is 46.5 Å². The number of hydrogen-bond donors (Lipinski definition) is 0. The van der Waals surface area contributed by atoms with Crippen molar-refractivity contribution in [3.8, 4) is 0 Å². The molecule has 1 aliphatic heterocycles. The summed E-state index contributed by atoms with van der Waals surface area (Å²) in [5.74, 6) is 1.05. The minimum Gasteiger partial charge on any atom is -0.344 e. The smallest absolute Gasteiger partial charge is 0.166 e. The van der Waals surface area contributed by atoms with Crippen molar-refractivity contribution in [2.24, 2.45) is 11.8 Å². The van der Waals surface area contributed by atoms with Crippen molar-refractivity contribution in [1.82, 2.24) is 4.90 Å². The topological polar surface area (TPSA) is 21.7 Å². The summed E-state index contributed by atoms with van der Waals surface area (Å²) in [4.78, 5) is 2.29. The fourth-order valence-corrected chi connectivity index (χ4v) is 3.63. The first-order valence-corrected chi connectivity index (χ1v) is 7.38. The van der Waals surface area contributed by atoms with Gasteiger partial charge in [0.25, 0.3) is 0 Å². The Morgan fingerprint density at radius 2 is 1.83 bits per heavy atom. The fraction of sp³-hybridized carbons (Fsp3) is 1.00. The molecule has 0 aromatic carbocycles. The summed E-state index contributed by atoms with van der Waals surface area (Å²) in [5.41, 5.74) is 0. The Morgan fingerprint density at radius 1 is 1.17 bits per heavy atom. The van der Waals surface area contributed by atoms with Gasteiger partial charge in [0.15, 0.2) is 5.79 Å². The summed E-state index contributed by atoms with van der Waals surface area (Å²) in [6.07, 6.45) is 5.27. The van der Waals surface area contributed by atoms with Crippen molar-refractivity contribution in [3.05, 3.63) is 0 Å². The summed E-state index contributed by atoms with van der Waals surface area (Å²) in [6, 6.07) is 0. The molecule has 2 rings (SSSR count). The molecular formula is C15H29NO2. The van der Waals surface area contributed by atoms with Crippen LogP contribution >= 0.6 is 0 Å². The van der Waals surface area contributed by atoms with Crippen LogP contribution < -0.4 is 0 Å². The van der Waals surface area contributed by atoms with E-state index in [-0.39, 0.29) is 5.79 Å². The predicted molar refractivity (Wildman–Crippen MR) is 73.5 cm³/mol. The van der Waals surface area contributed by atoms with Gasteiger partial charge < -0.3 is 14.4 Å². The lowest BCUT2D eigenvalue weighted by Gasteiger charge is -2.31. The summed E-state index contributed by atoms with van der Waals surface area (Å²) in [5, 5.41) is 0. The van der Waals surface area contributed by atoms with Crippen LogP contribution in [0.15, 0.2) is 0 Å². The zero-order valence-electron chi connectivity index (χ0n) is 12.6. The van der Waals surface area contributed by atoms with Crippen LogP contribution in [0.25, 0.3) is 0 Å². The number of rotatable bonds is 4. The quantitative estimate of drug-likeness (QED) is 0.771. The van der Waals surface area contributed by atoms with Crippen LogP contribution in [0.4, 0.5) is 0 Å². The van der Waals surface area contributed by atoms with Gasteiger partial charge in [-0.3, -0.25) is 0 Å². The SMILES string of the molecule is CC(C)CC1(C)OC2CCC(CN(C)C)CC2O1. The molecule has 2 aliphatic rings. The highest BCUT2D eigenvalue weighted by Gasteiger charge is 2.46. The number of fused-ring (bicyclic) bond motifs is 1. The molecule has 2 fully saturated rings. The highest BCUT2D eigenvalue weighted by Crippen LogP contribution is 2.41. The molecule has 4 unspecified atom stereocenters. The lowest BCUT2D eigenvalue weighted by atomic mass is 9.85. The average molecular weight is 255 g/mol. The monoisotopic (exact) mass is 255 g/mol. The Hall–Kier alpha value is -0.120. The van der Waals surface area contributed by atoms with Gasteiger partial charge in [0.2, 0.25) is 0 Å². The molecule has 3 nitrogen and oxygen atoms in total. The van der Waals surface area contributed by atoms with Gasteiger partial charge in [-0.2, -0.15) is 0 Å². The van der Waals surface area contributed by atoms with Crippen LogP contribution in [0, 0.1) is 11.8 Å². The van der Waals surface area contributed by atoms with Gasteiger partial charge in [-0.05, 0) is 52.1 Å². The molecule has 0 radical (unpaired) electrons. The minimum absolute atomic E-state index is 0.326. The Balaban J connectivity index is 1.90. The number of ether oxygens (including phenoxy) is 2. The third kappa shape index (κ3) is 3.46. The summed E-state index contributed by atoms with van der Waals surface area (Å²) < 4.78 is 12.4. The van der Waals surface area contributed by atoms with E-state index in [2.05, 4.69) is 39.8 Å². The van der Waals surface area contributed by atoms with Gasteiger partial charge >= 0.3 is 0 Å². The van der Waals surface area contributed by atoms with E-state index in [1.807, 2.05) is 0 Å². The van der Waals surface area contributed by atoms with E-state index in [9.17, 15) is 0 Å². The lowest BCUT2D eigenvalue weighted by molar-refractivity contribution is -0.171. The molecule has 1 saturated carbocycles. The number of hydrogen-bond acceptors (Lipinski definition) is 3. The normalized spacial score (nSPS) is 40.5. The Morgan fingerprint density at radius 3 is 2.44 bits per heavy atom. The van der Waals surface area contributed by atoms with E-state index in [1.165, 1.54) is 13.0 Å². The first kappa shape index (κ1) is 14.3. The van der Waals surface area contributed by atoms with E-state index < -0.39 is 0 Å². The van der Waals surface area contributed by atoms with Crippen LogP contribution in [-0.2, 0) is 9.47 Å². The summed E-state index contributed by atoms with van der Waals surface area (Å²) in [7, 11) is 4.31. The number of nitrogens with zero attached hydrogens (tertiary/aromatic N) is 1. The molecule has 0 aromatic heterocycles. The standard InChI is InChI=1S/C15H29NO2/c1-11(2)9-15(3)17-13-7-6-12(10-16(4)5)8-14(13)18-15/h11-14H,6-10H2,1-5H3. The molecule has 0 aromatic rings. The van der Waals surface area contributed by atoms with Crippen molar-refractivity contribution in [2.45, 2.75) is 64.4 Å². The van der Waals surface area contributed by atoms with Crippen molar-refractivity contribution < 1.29 is 9.47 Å². The van der Waals surface area contributed by atoms with E-state index in [1.54, 1.807) is 0 Å². The lowest BCUT2D eigenvalue weighted by Crippen LogP contribution is -2.35. The molecule has 1 heterocycles. The maximum absolute atomic E-state index is 6.23. The first-order chi connectivity index (χ1) is 8.38. The van der Waals surface area contributed by atoms with Crippen molar-refractivity contribution in [3.63, 3.8) is 0 Å². The van der Waals surface area contributed by atoms with Gasteiger partial charge in [0.05, 0.1) is 12.2 Å². The van der Waals surface area contributed by atoms with Crippen LogP contribution in [0.3, 0.4) is 0 Å². The molecule has 18 heavy (non-hydrogen) atoms. The molecule has 0 N–H and O–H groups in total. The van der Waals surface area contributed by atoms with Crippen molar-refractivity contribution >= 4 is 0 Å². The van der Waals surface area contributed by atoms with Crippen LogP contribution in [0.2, 0.25) is 0 Å². The van der Waals surface area contributed by atoms with E-state index in [0.717, 1.165) is 25.2 Å². The average Bonchev–Trinajstić information content (AvgIpc) is 2.50.